The summed E-state index contributed by atoms with van der Waals surface area (Å²) in [7, 11) is 0. The molecule has 2 aliphatic heterocycles. The number of hydrogen-bond donors (Lipinski definition) is 1. The average molecular weight is 390 g/mol. The fraction of sp³-hybridized carbons (Fsp3) is 0.696. The minimum absolute atomic E-state index is 0.00355. The lowest BCUT2D eigenvalue weighted by Crippen LogP contribution is -2.49. The van der Waals surface area contributed by atoms with Crippen LogP contribution in [0.5, 0.6) is 11.5 Å². The second kappa shape index (κ2) is 9.64. The number of piperidine rings is 1. The van der Waals surface area contributed by atoms with Crippen LogP contribution in [-0.4, -0.2) is 48.3 Å². The fourth-order valence-corrected chi connectivity index (χ4v) is 4.41. The van der Waals surface area contributed by atoms with Crippen LogP contribution in [0.15, 0.2) is 18.2 Å². The monoisotopic (exact) mass is 389 g/mol. The minimum atomic E-state index is -0.746. The van der Waals surface area contributed by atoms with E-state index in [1.165, 1.54) is 37.7 Å². The molecule has 1 aromatic carbocycles. The lowest BCUT2D eigenvalue weighted by molar-refractivity contribution is -0.143. The Balaban J connectivity index is 1.54. The highest BCUT2D eigenvalue weighted by atomic mass is 16.5. The van der Waals surface area contributed by atoms with Crippen molar-refractivity contribution in [2.45, 2.75) is 76.7 Å². The summed E-state index contributed by atoms with van der Waals surface area (Å²) >= 11 is 0. The molecule has 156 valence electrons. The van der Waals surface area contributed by atoms with Crippen LogP contribution in [0, 0.1) is 0 Å². The van der Waals surface area contributed by atoms with Gasteiger partial charge in [0, 0.05) is 11.0 Å². The Morgan fingerprint density at radius 2 is 1.93 bits per heavy atom. The number of fused-ring (bicyclic) bond motifs is 2. The molecule has 0 radical (unpaired) electrons. The van der Waals surface area contributed by atoms with Gasteiger partial charge in [-0.05, 0) is 57.5 Å². The number of rotatable bonds is 10. The van der Waals surface area contributed by atoms with Gasteiger partial charge in [-0.25, -0.2) is 0 Å². The van der Waals surface area contributed by atoms with Gasteiger partial charge in [0.25, 0.3) is 0 Å². The zero-order valence-electron chi connectivity index (χ0n) is 17.4. The largest absolute Gasteiger partial charge is 0.494 e. The zero-order valence-corrected chi connectivity index (χ0v) is 17.4. The molecule has 0 amide bonds. The molecule has 1 aromatic rings. The molecule has 0 bridgehead atoms. The molecular weight excluding hydrogens is 354 g/mol. The molecule has 28 heavy (non-hydrogen) atoms. The summed E-state index contributed by atoms with van der Waals surface area (Å²) in [4.78, 5) is 13.3. The maximum absolute atomic E-state index is 11.3. The van der Waals surface area contributed by atoms with E-state index >= 15 is 0 Å². The number of carbonyl (C=O) groups is 1. The van der Waals surface area contributed by atoms with Gasteiger partial charge in [0.05, 0.1) is 13.2 Å². The zero-order chi connectivity index (χ0) is 20.0. The van der Waals surface area contributed by atoms with E-state index in [1.54, 1.807) is 6.92 Å². The number of aliphatic carboxylic acids is 1. The average Bonchev–Trinajstić information content (AvgIpc) is 3.05. The van der Waals surface area contributed by atoms with Crippen molar-refractivity contribution in [2.24, 2.45) is 0 Å². The first-order chi connectivity index (χ1) is 13.6. The number of likely N-dealkylation sites (tertiary alicyclic amines) is 1. The molecule has 3 rings (SSSR count). The van der Waals surface area contributed by atoms with Crippen LogP contribution in [-0.2, 0) is 10.2 Å². The third kappa shape index (κ3) is 4.80. The van der Waals surface area contributed by atoms with Crippen molar-refractivity contribution in [2.75, 3.05) is 26.3 Å². The van der Waals surface area contributed by atoms with Crippen LogP contribution in [0.1, 0.15) is 70.8 Å². The molecule has 2 aliphatic rings. The summed E-state index contributed by atoms with van der Waals surface area (Å²) in [5.41, 5.74) is 1.25. The maximum Gasteiger partial charge on any atom is 0.320 e. The van der Waals surface area contributed by atoms with Crippen LogP contribution in [0.2, 0.25) is 0 Å². The third-order valence-electron chi connectivity index (χ3n) is 6.45. The number of carboxylic acids is 1. The first-order valence-corrected chi connectivity index (χ1v) is 10.9. The molecule has 1 N–H and O–H groups in total. The molecule has 0 saturated carbocycles. The van der Waals surface area contributed by atoms with E-state index < -0.39 is 12.0 Å². The lowest BCUT2D eigenvalue weighted by Gasteiger charge is -2.40. The molecule has 1 unspecified atom stereocenters. The summed E-state index contributed by atoms with van der Waals surface area (Å²) in [5.74, 6) is 1.15. The minimum Gasteiger partial charge on any atom is -0.494 e. The predicted molar refractivity (Wildman–Crippen MR) is 110 cm³/mol. The predicted octanol–water partition coefficient (Wildman–Crippen LogP) is 4.63. The Bertz CT molecular complexity index is 652. The topological polar surface area (TPSA) is 59.0 Å². The molecule has 1 saturated heterocycles. The van der Waals surface area contributed by atoms with Crippen LogP contribution >= 0.6 is 0 Å². The number of benzene rings is 1. The maximum atomic E-state index is 11.3. The number of nitrogens with zero attached hydrogens (tertiary/aromatic N) is 1. The van der Waals surface area contributed by atoms with E-state index in [0.717, 1.165) is 50.5 Å². The van der Waals surface area contributed by atoms with Crippen molar-refractivity contribution in [1.82, 2.24) is 4.90 Å². The fourth-order valence-electron chi connectivity index (χ4n) is 4.41. The number of hydrogen-bond acceptors (Lipinski definition) is 4. The number of unbranched alkanes of at least 4 members (excludes halogenated alkanes) is 5. The SMILES string of the molecule is CCCCCCCCOc1ccc2c(c1)C1(CCN(C(C)C(=O)O)CC1)CO2. The van der Waals surface area contributed by atoms with Crippen molar-refractivity contribution in [1.29, 1.82) is 0 Å². The van der Waals surface area contributed by atoms with Crippen LogP contribution in [0.25, 0.3) is 0 Å². The van der Waals surface area contributed by atoms with Gasteiger partial charge in [-0.2, -0.15) is 0 Å². The highest BCUT2D eigenvalue weighted by molar-refractivity contribution is 5.72. The van der Waals surface area contributed by atoms with E-state index in [-0.39, 0.29) is 5.41 Å². The van der Waals surface area contributed by atoms with E-state index in [4.69, 9.17) is 9.47 Å². The van der Waals surface area contributed by atoms with Crippen molar-refractivity contribution < 1.29 is 19.4 Å². The van der Waals surface area contributed by atoms with E-state index in [0.29, 0.717) is 6.61 Å². The molecule has 0 aromatic heterocycles. The van der Waals surface area contributed by atoms with Crippen molar-refractivity contribution in [3.05, 3.63) is 23.8 Å². The van der Waals surface area contributed by atoms with Gasteiger partial charge < -0.3 is 14.6 Å². The van der Waals surface area contributed by atoms with Crippen LogP contribution in [0.3, 0.4) is 0 Å². The molecule has 0 aliphatic carbocycles. The molecule has 1 fully saturated rings. The van der Waals surface area contributed by atoms with Crippen LogP contribution < -0.4 is 9.47 Å². The molecule has 1 spiro atoms. The van der Waals surface area contributed by atoms with Gasteiger partial charge >= 0.3 is 5.97 Å². The summed E-state index contributed by atoms with van der Waals surface area (Å²) in [6, 6.07) is 5.78. The van der Waals surface area contributed by atoms with Crippen molar-refractivity contribution >= 4 is 5.97 Å². The van der Waals surface area contributed by atoms with Gasteiger partial charge in [-0.3, -0.25) is 9.69 Å². The van der Waals surface area contributed by atoms with E-state index in [2.05, 4.69) is 17.9 Å². The molecule has 2 heterocycles. The van der Waals surface area contributed by atoms with E-state index in [1.807, 2.05) is 12.1 Å². The molecule has 5 heteroatoms. The lowest BCUT2D eigenvalue weighted by atomic mass is 9.74. The second-order valence-electron chi connectivity index (χ2n) is 8.39. The summed E-state index contributed by atoms with van der Waals surface area (Å²) in [6.07, 6.45) is 9.42. The van der Waals surface area contributed by atoms with Crippen LogP contribution in [0.4, 0.5) is 0 Å². The number of ether oxygens (including phenoxy) is 2. The van der Waals surface area contributed by atoms with E-state index in [9.17, 15) is 9.90 Å². The van der Waals surface area contributed by atoms with Gasteiger partial charge in [0.2, 0.25) is 0 Å². The van der Waals surface area contributed by atoms with Gasteiger partial charge in [0.1, 0.15) is 17.5 Å². The Hall–Kier alpha value is -1.75. The number of carboxylic acid groups (broad SMARTS) is 1. The Kier molecular flexibility index (Phi) is 7.22. The van der Waals surface area contributed by atoms with Gasteiger partial charge in [0.15, 0.2) is 0 Å². The smallest absolute Gasteiger partial charge is 0.320 e. The van der Waals surface area contributed by atoms with Gasteiger partial charge in [-0.1, -0.05) is 39.0 Å². The summed E-state index contributed by atoms with van der Waals surface area (Å²) < 4.78 is 12.0. The second-order valence-corrected chi connectivity index (χ2v) is 8.39. The highest BCUT2D eigenvalue weighted by Gasteiger charge is 2.44. The first-order valence-electron chi connectivity index (χ1n) is 10.9. The molecule has 1 atom stereocenters. The Morgan fingerprint density at radius 3 is 2.64 bits per heavy atom. The summed E-state index contributed by atoms with van der Waals surface area (Å²) in [6.45, 7) is 7.05. The first kappa shape index (κ1) is 21.0. The normalized spacial score (nSPS) is 19.2. The Labute approximate surface area is 169 Å². The highest BCUT2D eigenvalue weighted by Crippen LogP contribution is 2.47. The van der Waals surface area contributed by atoms with Gasteiger partial charge in [-0.15, -0.1) is 0 Å². The standard InChI is InChI=1S/C23H35NO4/c1-3-4-5-6-7-8-15-27-19-9-10-21-20(16-19)23(17-28-21)11-13-24(14-12-23)18(2)22(25)26/h9-10,16,18H,3-8,11-15,17H2,1-2H3,(H,25,26). The Morgan fingerprint density at radius 1 is 1.21 bits per heavy atom. The van der Waals surface area contributed by atoms with Crippen molar-refractivity contribution in [3.8, 4) is 11.5 Å². The third-order valence-corrected chi connectivity index (χ3v) is 6.45. The molecular formula is C23H35NO4. The quantitative estimate of drug-likeness (QED) is 0.592. The van der Waals surface area contributed by atoms with Crippen molar-refractivity contribution in [3.63, 3.8) is 0 Å². The molecule has 5 nitrogen and oxygen atoms in total. The summed E-state index contributed by atoms with van der Waals surface area (Å²) in [5, 5.41) is 9.27.